The Balaban J connectivity index is 2.47. The number of carbonyl (C=O) groups excluding carboxylic acids is 2. The van der Waals surface area contributed by atoms with Gasteiger partial charge in [0.15, 0.2) is 0 Å². The fourth-order valence-corrected chi connectivity index (χ4v) is 2.20. The first kappa shape index (κ1) is 16.0. The zero-order chi connectivity index (χ0) is 15.1. The number of aromatic carboxylic acids is 1. The van der Waals surface area contributed by atoms with Gasteiger partial charge in [-0.25, -0.2) is 9.59 Å². The number of methoxy groups -OCH3 is 1. The fourth-order valence-electron chi connectivity index (χ4n) is 1.43. The molecule has 0 saturated heterocycles. The molecule has 1 heterocycles. The highest BCUT2D eigenvalue weighted by molar-refractivity contribution is 7.14. The van der Waals surface area contributed by atoms with Crippen LogP contribution in [-0.2, 0) is 9.53 Å². The van der Waals surface area contributed by atoms with E-state index in [4.69, 9.17) is 5.11 Å². The number of carboxylic acids is 1. The Morgan fingerprint density at radius 2 is 2.15 bits per heavy atom. The third kappa shape index (κ3) is 4.54. The molecule has 110 valence electrons. The molecule has 0 spiro atoms. The minimum atomic E-state index is -1.09. The van der Waals surface area contributed by atoms with Crippen molar-refractivity contribution in [1.29, 1.82) is 0 Å². The lowest BCUT2D eigenvalue weighted by Crippen LogP contribution is -2.32. The molecule has 0 fully saturated rings. The van der Waals surface area contributed by atoms with Gasteiger partial charge in [-0.1, -0.05) is 0 Å². The SMILES string of the molecule is COC(=O)CCCN(C)C(=O)Nc1sccc1C(=O)O. The number of nitrogens with zero attached hydrogens (tertiary/aromatic N) is 1. The summed E-state index contributed by atoms with van der Waals surface area (Å²) in [5.41, 5.74) is 0.0614. The molecule has 0 aliphatic rings. The van der Waals surface area contributed by atoms with Crippen LogP contribution in [0.15, 0.2) is 11.4 Å². The van der Waals surface area contributed by atoms with Crippen LogP contribution in [0.25, 0.3) is 0 Å². The average Bonchev–Trinajstić information content (AvgIpc) is 2.86. The second kappa shape index (κ2) is 7.49. The topological polar surface area (TPSA) is 95.9 Å². The minimum absolute atomic E-state index is 0.0614. The maximum atomic E-state index is 11.8. The zero-order valence-corrected chi connectivity index (χ0v) is 12.0. The second-order valence-electron chi connectivity index (χ2n) is 4.00. The van der Waals surface area contributed by atoms with Gasteiger partial charge < -0.3 is 14.7 Å². The Morgan fingerprint density at radius 1 is 1.45 bits per heavy atom. The van der Waals surface area contributed by atoms with Crippen molar-refractivity contribution in [3.8, 4) is 0 Å². The summed E-state index contributed by atoms with van der Waals surface area (Å²) in [5, 5.41) is 13.3. The first-order valence-corrected chi connectivity index (χ1v) is 6.73. The molecule has 0 bridgehead atoms. The van der Waals surface area contributed by atoms with Gasteiger partial charge in [-0.15, -0.1) is 11.3 Å². The maximum Gasteiger partial charge on any atom is 0.338 e. The van der Waals surface area contributed by atoms with Crippen molar-refractivity contribution in [3.63, 3.8) is 0 Å². The number of nitrogens with one attached hydrogen (secondary N) is 1. The Kier molecular flexibility index (Phi) is 5.98. The number of rotatable bonds is 6. The largest absolute Gasteiger partial charge is 0.478 e. The smallest absolute Gasteiger partial charge is 0.338 e. The molecule has 1 aromatic heterocycles. The molecule has 20 heavy (non-hydrogen) atoms. The van der Waals surface area contributed by atoms with Crippen molar-refractivity contribution in [1.82, 2.24) is 4.90 Å². The number of carbonyl (C=O) groups is 3. The van der Waals surface area contributed by atoms with Crippen LogP contribution in [-0.4, -0.2) is 48.7 Å². The highest BCUT2D eigenvalue weighted by Crippen LogP contribution is 2.23. The molecule has 2 amide bonds. The van der Waals surface area contributed by atoms with Gasteiger partial charge in [-0.3, -0.25) is 10.1 Å². The lowest BCUT2D eigenvalue weighted by molar-refractivity contribution is -0.140. The first-order valence-electron chi connectivity index (χ1n) is 5.85. The molecule has 1 rings (SSSR count). The van der Waals surface area contributed by atoms with Crippen LogP contribution < -0.4 is 5.32 Å². The van der Waals surface area contributed by atoms with Crippen LogP contribution in [0.3, 0.4) is 0 Å². The van der Waals surface area contributed by atoms with Crippen molar-refractivity contribution in [3.05, 3.63) is 17.0 Å². The first-order chi connectivity index (χ1) is 9.45. The van der Waals surface area contributed by atoms with Crippen molar-refractivity contribution >= 4 is 34.3 Å². The Bertz CT molecular complexity index is 500. The van der Waals surface area contributed by atoms with E-state index in [-0.39, 0.29) is 18.0 Å². The third-order valence-electron chi connectivity index (χ3n) is 2.56. The van der Waals surface area contributed by atoms with E-state index >= 15 is 0 Å². The number of ether oxygens (including phenoxy) is 1. The molecule has 0 radical (unpaired) electrons. The summed E-state index contributed by atoms with van der Waals surface area (Å²) in [6.45, 7) is 0.370. The molecular formula is C12H16N2O5S. The van der Waals surface area contributed by atoms with Crippen LogP contribution >= 0.6 is 11.3 Å². The van der Waals surface area contributed by atoms with Crippen LogP contribution in [0.1, 0.15) is 23.2 Å². The van der Waals surface area contributed by atoms with E-state index in [1.165, 1.54) is 18.1 Å². The van der Waals surface area contributed by atoms with E-state index in [1.807, 2.05) is 0 Å². The summed E-state index contributed by atoms with van der Waals surface area (Å²) >= 11 is 1.14. The zero-order valence-electron chi connectivity index (χ0n) is 11.2. The van der Waals surface area contributed by atoms with E-state index in [9.17, 15) is 14.4 Å². The molecule has 7 nitrogen and oxygen atoms in total. The molecule has 0 unspecified atom stereocenters. The normalized spacial score (nSPS) is 9.90. The standard InChI is InChI=1S/C12H16N2O5S/c1-14(6-3-4-9(15)19-2)12(18)13-10-8(11(16)17)5-7-20-10/h5,7H,3-4,6H2,1-2H3,(H,13,18)(H,16,17). The van der Waals surface area contributed by atoms with Crippen LogP contribution in [0, 0.1) is 0 Å². The molecule has 2 N–H and O–H groups in total. The predicted molar refractivity (Wildman–Crippen MR) is 74.2 cm³/mol. The number of amides is 2. The minimum Gasteiger partial charge on any atom is -0.478 e. The predicted octanol–water partition coefficient (Wildman–Crippen LogP) is 1.86. The maximum absolute atomic E-state index is 11.8. The van der Waals surface area contributed by atoms with Crippen molar-refractivity contribution in [2.45, 2.75) is 12.8 Å². The molecule has 0 saturated carbocycles. The van der Waals surface area contributed by atoms with E-state index in [0.717, 1.165) is 11.3 Å². The quantitative estimate of drug-likeness (QED) is 0.782. The summed E-state index contributed by atoms with van der Waals surface area (Å²) in [5.74, 6) is -1.42. The van der Waals surface area contributed by atoms with Crippen molar-refractivity contribution in [2.75, 3.05) is 26.0 Å². The molecule has 0 atom stereocenters. The van der Waals surface area contributed by atoms with E-state index in [2.05, 4.69) is 10.1 Å². The summed E-state index contributed by atoms with van der Waals surface area (Å²) in [7, 11) is 2.88. The van der Waals surface area contributed by atoms with Crippen LogP contribution in [0.2, 0.25) is 0 Å². The van der Waals surface area contributed by atoms with Gasteiger partial charge in [-0.2, -0.15) is 0 Å². The number of hydrogen-bond acceptors (Lipinski definition) is 5. The molecule has 0 aliphatic carbocycles. The van der Waals surface area contributed by atoms with E-state index in [1.54, 1.807) is 12.4 Å². The monoisotopic (exact) mass is 300 g/mol. The molecular weight excluding hydrogens is 284 g/mol. The molecule has 1 aromatic rings. The Labute approximate surface area is 120 Å². The Morgan fingerprint density at radius 3 is 2.75 bits per heavy atom. The number of carboxylic acid groups (broad SMARTS) is 1. The number of urea groups is 1. The third-order valence-corrected chi connectivity index (χ3v) is 3.39. The van der Waals surface area contributed by atoms with Crippen molar-refractivity contribution in [2.24, 2.45) is 0 Å². The molecule has 8 heteroatoms. The van der Waals surface area contributed by atoms with Gasteiger partial charge in [-0.05, 0) is 17.9 Å². The van der Waals surface area contributed by atoms with Gasteiger partial charge in [0.05, 0.1) is 12.7 Å². The number of hydrogen-bond donors (Lipinski definition) is 2. The van der Waals surface area contributed by atoms with Crippen molar-refractivity contribution < 1.29 is 24.2 Å². The Hall–Kier alpha value is -2.09. The highest BCUT2D eigenvalue weighted by Gasteiger charge is 2.16. The summed E-state index contributed by atoms with van der Waals surface area (Å²) < 4.78 is 4.50. The number of thiophene rings is 1. The van der Waals surface area contributed by atoms with Gasteiger partial charge >= 0.3 is 18.0 Å². The van der Waals surface area contributed by atoms with Gasteiger partial charge in [0.25, 0.3) is 0 Å². The highest BCUT2D eigenvalue weighted by atomic mass is 32.1. The van der Waals surface area contributed by atoms with Crippen LogP contribution in [0.5, 0.6) is 0 Å². The molecule has 0 aliphatic heterocycles. The number of esters is 1. The summed E-state index contributed by atoms with van der Waals surface area (Å²) in [6, 6.07) is 1.01. The van der Waals surface area contributed by atoms with Gasteiger partial charge in [0.2, 0.25) is 0 Å². The van der Waals surface area contributed by atoms with E-state index < -0.39 is 12.0 Å². The summed E-state index contributed by atoms with van der Waals surface area (Å²) in [6.07, 6.45) is 0.709. The lowest BCUT2D eigenvalue weighted by Gasteiger charge is -2.17. The van der Waals surface area contributed by atoms with Gasteiger partial charge in [0, 0.05) is 20.0 Å². The summed E-state index contributed by atoms with van der Waals surface area (Å²) in [4.78, 5) is 35.1. The number of anilines is 1. The molecule has 0 aromatic carbocycles. The second-order valence-corrected chi connectivity index (χ2v) is 4.92. The van der Waals surface area contributed by atoms with Gasteiger partial charge in [0.1, 0.15) is 5.00 Å². The average molecular weight is 300 g/mol. The van der Waals surface area contributed by atoms with Crippen LogP contribution in [0.4, 0.5) is 9.80 Å². The fraction of sp³-hybridized carbons (Fsp3) is 0.417. The van der Waals surface area contributed by atoms with E-state index in [0.29, 0.717) is 18.0 Å². The lowest BCUT2D eigenvalue weighted by atomic mass is 10.3.